The molecule has 0 bridgehead atoms. The first kappa shape index (κ1) is 13.7. The Balaban J connectivity index is 1.61. The lowest BCUT2D eigenvalue weighted by Gasteiger charge is -1.92. The average molecular weight is 325 g/mol. The molecule has 0 atom stereocenters. The summed E-state index contributed by atoms with van der Waals surface area (Å²) in [4.78, 5) is 3.21. The summed E-state index contributed by atoms with van der Waals surface area (Å²) in [6.45, 7) is 0. The minimum atomic E-state index is 0.609. The van der Waals surface area contributed by atoms with Crippen molar-refractivity contribution in [1.29, 1.82) is 0 Å². The van der Waals surface area contributed by atoms with Crippen LogP contribution >= 0.6 is 11.6 Å². The van der Waals surface area contributed by atoms with Crippen LogP contribution < -0.4 is 14.9 Å². The summed E-state index contributed by atoms with van der Waals surface area (Å²) >= 11 is 5.86. The summed E-state index contributed by atoms with van der Waals surface area (Å²) in [5.41, 5.74) is 6.06. The third-order valence-electron chi connectivity index (χ3n) is 3.45. The molecule has 3 N–H and O–H groups in total. The quantitative estimate of drug-likeness (QED) is 0.297. The van der Waals surface area contributed by atoms with Crippen LogP contribution in [0.1, 0.15) is 5.56 Å². The molecule has 7 heteroatoms. The van der Waals surface area contributed by atoms with Gasteiger partial charge in [0.1, 0.15) is 17.2 Å². The van der Waals surface area contributed by atoms with Crippen molar-refractivity contribution < 1.29 is 9.50 Å². The lowest BCUT2D eigenvalue weighted by molar-refractivity contribution is -0.485. The second-order valence-electron chi connectivity index (χ2n) is 5.02. The Kier molecular flexibility index (Phi) is 3.36. The van der Waals surface area contributed by atoms with E-state index in [1.807, 2.05) is 65.3 Å². The van der Waals surface area contributed by atoms with Crippen molar-refractivity contribution >= 4 is 40.4 Å². The Morgan fingerprint density at radius 1 is 1.09 bits per heavy atom. The van der Waals surface area contributed by atoms with Crippen LogP contribution in [0.3, 0.4) is 0 Å². The molecule has 0 aliphatic heterocycles. The number of benzene rings is 2. The van der Waals surface area contributed by atoms with Crippen LogP contribution in [-0.4, -0.2) is 21.4 Å². The molecule has 4 aromatic rings. The number of imidazole rings is 1. The van der Waals surface area contributed by atoms with E-state index in [0.717, 1.165) is 16.6 Å². The molecule has 0 saturated heterocycles. The van der Waals surface area contributed by atoms with Crippen LogP contribution in [0.5, 0.6) is 0 Å². The molecule has 0 aliphatic rings. The molecule has 0 unspecified atom stereocenters. The van der Waals surface area contributed by atoms with Crippen molar-refractivity contribution in [2.75, 3.05) is 5.43 Å². The van der Waals surface area contributed by atoms with Gasteiger partial charge in [0.15, 0.2) is 6.21 Å². The number of para-hydroxylation sites is 2. The molecule has 2 heterocycles. The summed E-state index contributed by atoms with van der Waals surface area (Å²) in [6.07, 6.45) is 3.70. The fraction of sp³-hybridized carbons (Fsp3) is 0. The number of hydrogen-bond acceptors (Lipinski definition) is 3. The lowest BCUT2D eigenvalue weighted by Crippen LogP contribution is -2.74. The second kappa shape index (κ2) is 5.66. The van der Waals surface area contributed by atoms with E-state index in [4.69, 9.17) is 11.6 Å². The lowest BCUT2D eigenvalue weighted by atomic mass is 10.2. The van der Waals surface area contributed by atoms with E-state index in [9.17, 15) is 0 Å². The Morgan fingerprint density at radius 2 is 1.91 bits per heavy atom. The normalized spacial score (nSPS) is 11.5. The van der Waals surface area contributed by atoms with E-state index >= 15 is 0 Å². The third-order valence-corrected chi connectivity index (χ3v) is 3.70. The number of halogens is 1. The highest BCUT2D eigenvalue weighted by molar-refractivity contribution is 6.30. The van der Waals surface area contributed by atoms with Crippen LogP contribution in [0.2, 0.25) is 5.02 Å². The van der Waals surface area contributed by atoms with Gasteiger partial charge in [0, 0.05) is 15.7 Å². The van der Waals surface area contributed by atoms with Gasteiger partial charge in [0.25, 0.3) is 5.82 Å². The van der Waals surface area contributed by atoms with Crippen molar-refractivity contribution in [3.05, 3.63) is 65.3 Å². The van der Waals surface area contributed by atoms with E-state index in [2.05, 4.69) is 25.7 Å². The molecule has 23 heavy (non-hydrogen) atoms. The standard InChI is InChI=1S/C16H11ClN6/c17-12-7-5-11(6-8-12)9-18-20-15-10-23-14-4-2-1-3-13(14)19-16(23)22-21-15/h1-10,20H/p+2/b18-9+. The molecule has 112 valence electrons. The number of aromatic nitrogens is 4. The van der Waals surface area contributed by atoms with E-state index in [1.165, 1.54) is 0 Å². The summed E-state index contributed by atoms with van der Waals surface area (Å²) in [5, 5.41) is 12.0. The van der Waals surface area contributed by atoms with Crippen molar-refractivity contribution in [2.45, 2.75) is 0 Å². The van der Waals surface area contributed by atoms with Crippen molar-refractivity contribution in [2.24, 2.45) is 0 Å². The van der Waals surface area contributed by atoms with E-state index < -0.39 is 0 Å². The van der Waals surface area contributed by atoms with Gasteiger partial charge in [0.2, 0.25) is 0 Å². The number of fused-ring (bicyclic) bond motifs is 3. The molecule has 0 saturated carbocycles. The predicted octanol–water partition coefficient (Wildman–Crippen LogP) is 0.877. The molecule has 0 fully saturated rings. The van der Waals surface area contributed by atoms with Gasteiger partial charge in [-0.15, -0.1) is 10.5 Å². The van der Waals surface area contributed by atoms with Crippen LogP contribution in [0.25, 0.3) is 16.8 Å². The number of hydrogen-bond donors (Lipinski definition) is 3. The van der Waals surface area contributed by atoms with Crippen LogP contribution in [-0.2, 0) is 0 Å². The summed E-state index contributed by atoms with van der Waals surface area (Å²) in [7, 11) is 0. The van der Waals surface area contributed by atoms with Gasteiger partial charge in [0.05, 0.1) is 0 Å². The van der Waals surface area contributed by atoms with Crippen molar-refractivity contribution in [3.8, 4) is 0 Å². The summed E-state index contributed by atoms with van der Waals surface area (Å²) in [6, 6.07) is 15.5. The molecule has 0 aliphatic carbocycles. The smallest absolute Gasteiger partial charge is 0.236 e. The highest BCUT2D eigenvalue weighted by Gasteiger charge is 2.13. The Labute approximate surface area is 136 Å². The first-order chi connectivity index (χ1) is 11.3. The monoisotopic (exact) mass is 324 g/mol. The second-order valence-corrected chi connectivity index (χ2v) is 5.45. The topological polar surface area (TPSA) is 71.7 Å². The van der Waals surface area contributed by atoms with E-state index in [-0.39, 0.29) is 0 Å². The van der Waals surface area contributed by atoms with Gasteiger partial charge in [-0.1, -0.05) is 23.7 Å². The third kappa shape index (κ3) is 2.72. The number of aromatic amines is 1. The predicted molar refractivity (Wildman–Crippen MR) is 88.3 cm³/mol. The van der Waals surface area contributed by atoms with Gasteiger partial charge >= 0.3 is 5.78 Å². The van der Waals surface area contributed by atoms with Crippen molar-refractivity contribution in [3.63, 3.8) is 0 Å². The minimum absolute atomic E-state index is 0.609. The molecule has 6 nitrogen and oxygen atoms in total. The zero-order valence-electron chi connectivity index (χ0n) is 12.0. The SMILES string of the molecule is Clc1ccc(/C=[NH+]/Nc2c[n+]3c(nn2)[nH]c2ccccc23)cc1. The van der Waals surface area contributed by atoms with Crippen LogP contribution in [0, 0.1) is 0 Å². The molecular formula is C16H13ClN6+2. The molecular weight excluding hydrogens is 312 g/mol. The maximum Gasteiger partial charge on any atom is 0.424 e. The number of H-pyrrole nitrogens is 1. The number of nitrogens with zero attached hydrogens (tertiary/aromatic N) is 3. The Hall–Kier alpha value is -2.99. The Bertz CT molecular complexity index is 1010. The largest absolute Gasteiger partial charge is 0.424 e. The molecule has 0 spiro atoms. The fourth-order valence-corrected chi connectivity index (χ4v) is 2.47. The highest BCUT2D eigenvalue weighted by atomic mass is 35.5. The van der Waals surface area contributed by atoms with Crippen LogP contribution in [0.15, 0.2) is 54.7 Å². The summed E-state index contributed by atoms with van der Waals surface area (Å²) in [5.74, 6) is 1.30. The van der Waals surface area contributed by atoms with E-state index in [1.54, 1.807) is 0 Å². The van der Waals surface area contributed by atoms with Gasteiger partial charge in [-0.2, -0.15) is 4.40 Å². The number of nitrogens with one attached hydrogen (secondary N) is 3. The van der Waals surface area contributed by atoms with Gasteiger partial charge in [-0.25, -0.2) is 4.98 Å². The van der Waals surface area contributed by atoms with Crippen LogP contribution in [0.4, 0.5) is 5.82 Å². The molecule has 4 rings (SSSR count). The number of anilines is 1. The molecule has 0 radical (unpaired) electrons. The Morgan fingerprint density at radius 3 is 2.78 bits per heavy atom. The zero-order valence-corrected chi connectivity index (χ0v) is 12.7. The molecule has 2 aromatic heterocycles. The average Bonchev–Trinajstić information content (AvgIpc) is 2.95. The molecule has 2 aromatic carbocycles. The first-order valence-electron chi connectivity index (χ1n) is 7.06. The fourth-order valence-electron chi connectivity index (χ4n) is 2.35. The number of hydrazone groups is 1. The zero-order chi connectivity index (χ0) is 15.6. The number of hydrazine groups is 1. The minimum Gasteiger partial charge on any atom is -0.236 e. The maximum atomic E-state index is 5.86. The first-order valence-corrected chi connectivity index (χ1v) is 7.43. The summed E-state index contributed by atoms with van der Waals surface area (Å²) < 4.78 is 1.95. The van der Waals surface area contributed by atoms with E-state index in [0.29, 0.717) is 16.6 Å². The maximum absolute atomic E-state index is 5.86. The van der Waals surface area contributed by atoms with Gasteiger partial charge < -0.3 is 0 Å². The van der Waals surface area contributed by atoms with Gasteiger partial charge in [-0.05, 0) is 41.5 Å². The van der Waals surface area contributed by atoms with Crippen molar-refractivity contribution in [1.82, 2.24) is 15.2 Å². The van der Waals surface area contributed by atoms with Gasteiger partial charge in [-0.3, -0.25) is 0 Å². The number of rotatable bonds is 3. The molecule has 0 amide bonds. The highest BCUT2D eigenvalue weighted by Crippen LogP contribution is 2.09.